The average Bonchev–Trinajstić information content (AvgIpc) is 2.63. The van der Waals surface area contributed by atoms with E-state index < -0.39 is 0 Å². The fraction of sp³-hybridized carbons (Fsp3) is 0.632. The fourth-order valence-electron chi connectivity index (χ4n) is 3.01. The van der Waals surface area contributed by atoms with Gasteiger partial charge in [-0.2, -0.15) is 0 Å². The number of ether oxygens (including phenoxy) is 1. The number of nitrogens with zero attached hydrogens (tertiary/aromatic N) is 3. The third kappa shape index (κ3) is 8.01. The van der Waals surface area contributed by atoms with Crippen LogP contribution >= 0.6 is 35.6 Å². The molecule has 1 aliphatic rings. The van der Waals surface area contributed by atoms with Crippen molar-refractivity contribution in [3.05, 3.63) is 28.8 Å². The second-order valence-corrected chi connectivity index (χ2v) is 7.16. The van der Waals surface area contributed by atoms with Crippen molar-refractivity contribution in [3.8, 4) is 5.75 Å². The van der Waals surface area contributed by atoms with Crippen LogP contribution in [0.25, 0.3) is 0 Å². The molecule has 2 N–H and O–H groups in total. The Morgan fingerprint density at radius 2 is 2.07 bits per heavy atom. The number of methoxy groups -OCH3 is 1. The van der Waals surface area contributed by atoms with Crippen molar-refractivity contribution in [2.45, 2.75) is 19.4 Å². The minimum Gasteiger partial charge on any atom is -0.497 e. The van der Waals surface area contributed by atoms with E-state index in [1.54, 1.807) is 7.11 Å². The van der Waals surface area contributed by atoms with Crippen LogP contribution in [0.1, 0.15) is 12.5 Å². The van der Waals surface area contributed by atoms with Gasteiger partial charge >= 0.3 is 0 Å². The molecule has 1 aliphatic heterocycles. The van der Waals surface area contributed by atoms with Crippen LogP contribution in [0.4, 0.5) is 0 Å². The van der Waals surface area contributed by atoms with Crippen molar-refractivity contribution in [1.82, 2.24) is 20.4 Å². The summed E-state index contributed by atoms with van der Waals surface area (Å²) in [5.41, 5.74) is 1.10. The van der Waals surface area contributed by atoms with Crippen molar-refractivity contribution < 1.29 is 4.74 Å². The maximum absolute atomic E-state index is 6.31. The topological polar surface area (TPSA) is 52.1 Å². The van der Waals surface area contributed by atoms with Gasteiger partial charge in [-0.15, -0.1) is 24.0 Å². The summed E-state index contributed by atoms with van der Waals surface area (Å²) in [5.74, 6) is 1.64. The average molecular weight is 510 g/mol. The van der Waals surface area contributed by atoms with E-state index in [-0.39, 0.29) is 24.0 Å². The second kappa shape index (κ2) is 12.6. The molecule has 1 atom stereocenters. The number of benzene rings is 1. The normalized spacial score (nSPS) is 18.7. The van der Waals surface area contributed by atoms with Crippen LogP contribution in [0.5, 0.6) is 5.75 Å². The predicted molar refractivity (Wildman–Crippen MR) is 125 cm³/mol. The predicted octanol–water partition coefficient (Wildman–Crippen LogP) is 2.31. The van der Waals surface area contributed by atoms with Gasteiger partial charge in [0.05, 0.1) is 13.7 Å². The Morgan fingerprint density at radius 1 is 1.30 bits per heavy atom. The third-order valence-electron chi connectivity index (χ3n) is 4.73. The van der Waals surface area contributed by atoms with E-state index in [0.29, 0.717) is 6.04 Å². The first kappa shape index (κ1) is 24.3. The van der Waals surface area contributed by atoms with Gasteiger partial charge in [-0.05, 0) is 45.1 Å². The van der Waals surface area contributed by atoms with Gasteiger partial charge in [0.1, 0.15) is 5.75 Å². The van der Waals surface area contributed by atoms with Crippen LogP contribution in [0, 0.1) is 0 Å². The lowest BCUT2D eigenvalue weighted by Crippen LogP contribution is -2.51. The first-order valence-electron chi connectivity index (χ1n) is 9.26. The number of rotatable bonds is 7. The molecule has 0 aromatic heterocycles. The van der Waals surface area contributed by atoms with Gasteiger partial charge in [-0.3, -0.25) is 9.89 Å². The highest BCUT2D eigenvalue weighted by Crippen LogP contribution is 2.22. The molecule has 154 valence electrons. The highest BCUT2D eigenvalue weighted by atomic mass is 127. The number of hydrogen-bond acceptors (Lipinski definition) is 4. The molecule has 0 saturated carbocycles. The molecule has 1 heterocycles. The van der Waals surface area contributed by atoms with E-state index in [1.807, 2.05) is 18.2 Å². The Balaban J connectivity index is 0.00000364. The number of nitrogens with one attached hydrogen (secondary N) is 2. The summed E-state index contributed by atoms with van der Waals surface area (Å²) in [4.78, 5) is 9.54. The smallest absolute Gasteiger partial charge is 0.191 e. The van der Waals surface area contributed by atoms with Crippen LogP contribution in [-0.2, 0) is 6.42 Å². The molecule has 0 bridgehead atoms. The largest absolute Gasteiger partial charge is 0.497 e. The van der Waals surface area contributed by atoms with Crippen LogP contribution < -0.4 is 15.4 Å². The molecular formula is C19H33ClIN5O. The lowest BCUT2D eigenvalue weighted by Gasteiger charge is -2.36. The van der Waals surface area contributed by atoms with Crippen molar-refractivity contribution in [1.29, 1.82) is 0 Å². The zero-order valence-corrected chi connectivity index (χ0v) is 19.9. The van der Waals surface area contributed by atoms with Crippen LogP contribution in [-0.4, -0.2) is 82.3 Å². The molecule has 0 amide bonds. The number of likely N-dealkylation sites (N-methyl/N-ethyl adjacent to an activating group) is 2. The van der Waals surface area contributed by atoms with Crippen LogP contribution in [0.15, 0.2) is 23.2 Å². The molecule has 0 radical (unpaired) electrons. The summed E-state index contributed by atoms with van der Waals surface area (Å²) in [6.45, 7) is 7.76. The molecule has 2 rings (SSSR count). The molecule has 6 nitrogen and oxygen atoms in total. The molecule has 1 unspecified atom stereocenters. The minimum absolute atomic E-state index is 0. The number of hydrogen-bond donors (Lipinski definition) is 2. The second-order valence-electron chi connectivity index (χ2n) is 6.75. The zero-order valence-electron chi connectivity index (χ0n) is 16.8. The maximum atomic E-state index is 6.31. The first-order valence-corrected chi connectivity index (χ1v) is 9.64. The summed E-state index contributed by atoms with van der Waals surface area (Å²) in [6.07, 6.45) is 0.833. The quantitative estimate of drug-likeness (QED) is 0.336. The van der Waals surface area contributed by atoms with Crippen molar-refractivity contribution >= 4 is 41.5 Å². The molecule has 27 heavy (non-hydrogen) atoms. The van der Waals surface area contributed by atoms with Gasteiger partial charge in [-0.25, -0.2) is 0 Å². The maximum Gasteiger partial charge on any atom is 0.191 e. The molecule has 1 saturated heterocycles. The molecule has 0 spiro atoms. The highest BCUT2D eigenvalue weighted by Gasteiger charge is 2.21. The van der Waals surface area contributed by atoms with Gasteiger partial charge in [0.25, 0.3) is 0 Å². The third-order valence-corrected chi connectivity index (χ3v) is 5.08. The Kier molecular flexibility index (Phi) is 11.4. The van der Waals surface area contributed by atoms with Crippen molar-refractivity contribution in [2.24, 2.45) is 4.99 Å². The SMILES string of the molecule is CCNC(=NCC1CN(C)CCN1C)NCCc1ccc(OC)cc1Cl.I. The minimum atomic E-state index is 0. The number of piperazine rings is 1. The van der Waals surface area contributed by atoms with Gasteiger partial charge < -0.3 is 20.3 Å². The van der Waals surface area contributed by atoms with Crippen LogP contribution in [0.3, 0.4) is 0 Å². The lowest BCUT2D eigenvalue weighted by atomic mass is 10.1. The lowest BCUT2D eigenvalue weighted by molar-refractivity contribution is 0.119. The van der Waals surface area contributed by atoms with Gasteiger partial charge in [0, 0.05) is 43.8 Å². The van der Waals surface area contributed by atoms with E-state index in [9.17, 15) is 0 Å². The molecule has 1 aromatic rings. The van der Waals surface area contributed by atoms with E-state index in [0.717, 1.165) is 68.0 Å². The van der Waals surface area contributed by atoms with E-state index in [1.165, 1.54) is 0 Å². The summed E-state index contributed by atoms with van der Waals surface area (Å²) >= 11 is 6.31. The zero-order chi connectivity index (χ0) is 18.9. The standard InChI is InChI=1S/C19H32ClN5O.HI/c1-5-21-19(23-13-16-14-24(2)10-11-25(16)3)22-9-8-15-6-7-17(26-4)12-18(15)20;/h6-7,12,16H,5,8-11,13-14H2,1-4H3,(H2,21,22,23);1H. The first-order chi connectivity index (χ1) is 12.5. The summed E-state index contributed by atoms with van der Waals surface area (Å²) < 4.78 is 5.19. The molecule has 1 aromatic carbocycles. The Morgan fingerprint density at radius 3 is 2.74 bits per heavy atom. The monoisotopic (exact) mass is 509 g/mol. The van der Waals surface area contributed by atoms with Crippen LogP contribution in [0.2, 0.25) is 5.02 Å². The number of aliphatic imine (C=N–C) groups is 1. The molecule has 8 heteroatoms. The van der Waals surface area contributed by atoms with Gasteiger partial charge in [0.2, 0.25) is 0 Å². The summed E-state index contributed by atoms with van der Waals surface area (Å²) in [6, 6.07) is 6.27. The molecule has 0 aliphatic carbocycles. The van der Waals surface area contributed by atoms with Gasteiger partial charge in [0.15, 0.2) is 5.96 Å². The number of guanidine groups is 1. The highest BCUT2D eigenvalue weighted by molar-refractivity contribution is 14.0. The van der Waals surface area contributed by atoms with Crippen molar-refractivity contribution in [3.63, 3.8) is 0 Å². The Labute approximate surface area is 185 Å². The van der Waals surface area contributed by atoms with E-state index in [2.05, 4.69) is 41.5 Å². The van der Waals surface area contributed by atoms with Gasteiger partial charge in [-0.1, -0.05) is 17.7 Å². The van der Waals surface area contributed by atoms with E-state index in [4.69, 9.17) is 21.3 Å². The molecule has 1 fully saturated rings. The summed E-state index contributed by atoms with van der Waals surface area (Å²) in [7, 11) is 6.00. The molecular weight excluding hydrogens is 477 g/mol. The van der Waals surface area contributed by atoms with Crippen molar-refractivity contribution in [2.75, 3.05) is 60.5 Å². The Bertz CT molecular complexity index is 601. The fourth-order valence-corrected chi connectivity index (χ4v) is 3.28. The van der Waals surface area contributed by atoms with E-state index >= 15 is 0 Å². The summed E-state index contributed by atoms with van der Waals surface area (Å²) in [5, 5.41) is 7.46. The Hall–Kier alpha value is -0.770. The number of halogens is 2.